The first-order chi connectivity index (χ1) is 11.8. The van der Waals surface area contributed by atoms with Crippen LogP contribution in [-0.2, 0) is 30.3 Å². The van der Waals surface area contributed by atoms with Crippen molar-refractivity contribution in [2.45, 2.75) is 44.2 Å². The highest BCUT2D eigenvalue weighted by atomic mass is 16.8. The molecular weight excluding hydrogens is 330 g/mol. The van der Waals surface area contributed by atoms with E-state index in [-0.39, 0.29) is 13.2 Å². The zero-order chi connectivity index (χ0) is 18.2. The van der Waals surface area contributed by atoms with E-state index in [0.29, 0.717) is 0 Å². The highest BCUT2D eigenvalue weighted by Gasteiger charge is 2.67. The van der Waals surface area contributed by atoms with E-state index in [1.807, 2.05) is 18.2 Å². The average molecular weight is 351 g/mol. The maximum Gasteiger partial charge on any atom is 0.413 e. The average Bonchev–Trinajstić information content (AvgIpc) is 3.04. The first kappa shape index (κ1) is 17.7. The van der Waals surface area contributed by atoms with E-state index in [1.54, 1.807) is 26.0 Å². The molecule has 1 aromatic carbocycles. The van der Waals surface area contributed by atoms with Crippen molar-refractivity contribution in [2.75, 3.05) is 13.7 Å². The molecule has 2 aliphatic heterocycles. The molecule has 1 N–H and O–H groups in total. The summed E-state index contributed by atoms with van der Waals surface area (Å²) in [7, 11) is 1.13. The Kier molecular flexibility index (Phi) is 4.44. The number of carbonyl (C=O) groups is 2. The first-order valence-electron chi connectivity index (χ1n) is 7.92. The summed E-state index contributed by atoms with van der Waals surface area (Å²) in [5, 5.41) is 10.9. The molecule has 136 valence electrons. The number of amides is 1. The van der Waals surface area contributed by atoms with Gasteiger partial charge in [0.1, 0.15) is 18.8 Å². The van der Waals surface area contributed by atoms with Crippen molar-refractivity contribution in [3.63, 3.8) is 0 Å². The molecule has 1 amide bonds. The van der Waals surface area contributed by atoms with Crippen LogP contribution in [-0.4, -0.2) is 59.4 Å². The van der Waals surface area contributed by atoms with Crippen LogP contribution in [0.15, 0.2) is 30.3 Å². The summed E-state index contributed by atoms with van der Waals surface area (Å²) in [6.07, 6.45) is -2.57. The van der Waals surface area contributed by atoms with Gasteiger partial charge in [-0.05, 0) is 19.4 Å². The Balaban J connectivity index is 1.78. The number of methoxy groups -OCH3 is 1. The van der Waals surface area contributed by atoms with Gasteiger partial charge in [0.05, 0.1) is 13.7 Å². The molecule has 8 nitrogen and oxygen atoms in total. The van der Waals surface area contributed by atoms with Crippen molar-refractivity contribution in [3.8, 4) is 0 Å². The second-order valence-corrected chi connectivity index (χ2v) is 6.46. The highest BCUT2D eigenvalue weighted by Crippen LogP contribution is 2.42. The number of esters is 1. The van der Waals surface area contributed by atoms with Gasteiger partial charge in [0.15, 0.2) is 5.79 Å². The summed E-state index contributed by atoms with van der Waals surface area (Å²) in [5.41, 5.74) is -1.52. The molecule has 1 aromatic rings. The third kappa shape index (κ3) is 3.08. The van der Waals surface area contributed by atoms with Gasteiger partial charge < -0.3 is 24.1 Å². The number of rotatable bonds is 3. The molecule has 0 saturated carbocycles. The van der Waals surface area contributed by atoms with Gasteiger partial charge in [-0.15, -0.1) is 0 Å². The van der Waals surface area contributed by atoms with Gasteiger partial charge >= 0.3 is 12.1 Å². The van der Waals surface area contributed by atoms with Gasteiger partial charge in [-0.25, -0.2) is 9.59 Å². The highest BCUT2D eigenvalue weighted by molar-refractivity contribution is 5.86. The van der Waals surface area contributed by atoms with E-state index in [1.165, 1.54) is 0 Å². The summed E-state index contributed by atoms with van der Waals surface area (Å²) in [6.45, 7) is 3.30. The lowest BCUT2D eigenvalue weighted by Gasteiger charge is -2.34. The number of aliphatic hydroxyl groups is 1. The number of carbonyl (C=O) groups excluding carboxylic acids is 2. The van der Waals surface area contributed by atoms with Gasteiger partial charge in [0.25, 0.3) is 5.72 Å². The van der Waals surface area contributed by atoms with Crippen LogP contribution in [0.25, 0.3) is 0 Å². The van der Waals surface area contributed by atoms with E-state index in [4.69, 9.17) is 14.2 Å². The Labute approximate surface area is 145 Å². The van der Waals surface area contributed by atoms with Crippen molar-refractivity contribution in [1.82, 2.24) is 4.90 Å². The lowest BCUT2D eigenvalue weighted by molar-refractivity contribution is -0.220. The van der Waals surface area contributed by atoms with E-state index in [2.05, 4.69) is 4.74 Å². The maximum atomic E-state index is 12.5. The molecule has 1 unspecified atom stereocenters. The standard InChI is InChI=1S/C17H21NO7/c1-16(2)24-12-9-18(17(21,13(12)25-16)14(19)22-3)15(20)23-10-11-7-5-4-6-8-11/h4-8,12-13,21H,9-10H2,1-3H3/t12-,13-,17?/m1/s1. The molecule has 3 atom stereocenters. The number of nitrogens with zero attached hydrogens (tertiary/aromatic N) is 1. The summed E-state index contributed by atoms with van der Waals surface area (Å²) >= 11 is 0. The topological polar surface area (TPSA) is 94.5 Å². The monoisotopic (exact) mass is 351 g/mol. The molecule has 0 aliphatic carbocycles. The largest absolute Gasteiger partial charge is 0.465 e. The number of benzene rings is 1. The smallest absolute Gasteiger partial charge is 0.413 e. The number of hydrogen-bond acceptors (Lipinski definition) is 7. The predicted octanol–water partition coefficient (Wildman–Crippen LogP) is 1.02. The molecule has 2 saturated heterocycles. The van der Waals surface area contributed by atoms with Crippen LogP contribution in [0.4, 0.5) is 4.79 Å². The fourth-order valence-electron chi connectivity index (χ4n) is 3.17. The molecule has 2 heterocycles. The third-order valence-electron chi connectivity index (χ3n) is 4.27. The zero-order valence-electron chi connectivity index (χ0n) is 14.3. The fraction of sp³-hybridized carbons (Fsp3) is 0.529. The summed E-state index contributed by atoms with van der Waals surface area (Å²) < 4.78 is 21.2. The minimum absolute atomic E-state index is 0.00989. The molecule has 25 heavy (non-hydrogen) atoms. The van der Waals surface area contributed by atoms with E-state index >= 15 is 0 Å². The maximum absolute atomic E-state index is 12.5. The van der Waals surface area contributed by atoms with Gasteiger partial charge in [-0.1, -0.05) is 30.3 Å². The number of ether oxygens (including phenoxy) is 4. The van der Waals surface area contributed by atoms with Crippen LogP contribution in [0.2, 0.25) is 0 Å². The molecule has 3 rings (SSSR count). The van der Waals surface area contributed by atoms with Crippen LogP contribution in [0, 0.1) is 0 Å². The number of likely N-dealkylation sites (tertiary alicyclic amines) is 1. The second kappa shape index (κ2) is 6.29. The normalized spacial score (nSPS) is 30.0. The van der Waals surface area contributed by atoms with Crippen LogP contribution in [0.1, 0.15) is 19.4 Å². The van der Waals surface area contributed by atoms with Gasteiger partial charge in [-0.2, -0.15) is 0 Å². The fourth-order valence-corrected chi connectivity index (χ4v) is 3.17. The third-order valence-corrected chi connectivity index (χ3v) is 4.27. The van der Waals surface area contributed by atoms with Crippen LogP contribution < -0.4 is 0 Å². The van der Waals surface area contributed by atoms with Crippen molar-refractivity contribution < 1.29 is 33.6 Å². The Morgan fingerprint density at radius 1 is 1.28 bits per heavy atom. The van der Waals surface area contributed by atoms with Crippen molar-refractivity contribution in [3.05, 3.63) is 35.9 Å². The number of hydrogen-bond donors (Lipinski definition) is 1. The molecule has 8 heteroatoms. The lowest BCUT2D eigenvalue weighted by Crippen LogP contribution is -2.60. The van der Waals surface area contributed by atoms with E-state index in [9.17, 15) is 14.7 Å². The molecule has 2 fully saturated rings. The predicted molar refractivity (Wildman–Crippen MR) is 84.1 cm³/mol. The Bertz CT molecular complexity index is 662. The molecular formula is C17H21NO7. The van der Waals surface area contributed by atoms with Crippen molar-refractivity contribution >= 4 is 12.1 Å². The van der Waals surface area contributed by atoms with Crippen LogP contribution in [0.5, 0.6) is 0 Å². The second-order valence-electron chi connectivity index (χ2n) is 6.46. The Hall–Kier alpha value is -2.16. The van der Waals surface area contributed by atoms with Crippen LogP contribution in [0.3, 0.4) is 0 Å². The van der Waals surface area contributed by atoms with Crippen molar-refractivity contribution in [1.29, 1.82) is 0 Å². The van der Waals surface area contributed by atoms with E-state index in [0.717, 1.165) is 17.6 Å². The first-order valence-corrected chi connectivity index (χ1v) is 7.92. The minimum atomic E-state index is -2.30. The van der Waals surface area contributed by atoms with Crippen LogP contribution >= 0.6 is 0 Å². The zero-order valence-corrected chi connectivity index (χ0v) is 14.3. The minimum Gasteiger partial charge on any atom is -0.465 e. The molecule has 0 radical (unpaired) electrons. The molecule has 2 aliphatic rings. The van der Waals surface area contributed by atoms with Gasteiger partial charge in [0.2, 0.25) is 0 Å². The summed E-state index contributed by atoms with van der Waals surface area (Å²) in [5.74, 6) is -1.98. The summed E-state index contributed by atoms with van der Waals surface area (Å²) in [6, 6.07) is 9.08. The number of fused-ring (bicyclic) bond motifs is 1. The van der Waals surface area contributed by atoms with E-state index < -0.39 is 35.8 Å². The Morgan fingerprint density at radius 3 is 2.60 bits per heavy atom. The van der Waals surface area contributed by atoms with Gasteiger partial charge in [-0.3, -0.25) is 4.90 Å². The molecule has 0 spiro atoms. The summed E-state index contributed by atoms with van der Waals surface area (Å²) in [4.78, 5) is 25.6. The SMILES string of the molecule is COC(=O)C1(O)[C@@H]2OC(C)(C)O[C@@H]2CN1C(=O)OCc1ccccc1. The van der Waals surface area contributed by atoms with Crippen molar-refractivity contribution in [2.24, 2.45) is 0 Å². The molecule has 0 aromatic heterocycles. The van der Waals surface area contributed by atoms with Gasteiger partial charge in [0, 0.05) is 0 Å². The Morgan fingerprint density at radius 2 is 1.96 bits per heavy atom. The molecule has 0 bridgehead atoms. The quantitative estimate of drug-likeness (QED) is 0.813. The lowest BCUT2D eigenvalue weighted by atomic mass is 10.1.